The number of amides is 4. The molecule has 53 heavy (non-hydrogen) atoms. The van der Waals surface area contributed by atoms with Crippen molar-refractivity contribution in [1.82, 2.24) is 16.0 Å². The minimum Gasteiger partial charge on any atom is -0.481 e. The predicted molar refractivity (Wildman–Crippen MR) is 193 cm³/mol. The minimum atomic E-state index is -1.66. The molecule has 3 aromatic carbocycles. The topological polar surface area (TPSA) is 231 Å². The monoisotopic (exact) mass is 730 g/mol. The molecule has 1 fully saturated rings. The zero-order valence-electron chi connectivity index (χ0n) is 29.7. The lowest BCUT2D eigenvalue weighted by Gasteiger charge is -2.30. The van der Waals surface area contributed by atoms with Crippen LogP contribution in [0, 0.1) is 17.8 Å². The molecule has 14 heteroatoms. The molecule has 4 amide bonds. The summed E-state index contributed by atoms with van der Waals surface area (Å²) in [5.41, 5.74) is 6.66. The fraction of sp³-hybridized carbons (Fsp3) is 0.410. The van der Waals surface area contributed by atoms with Crippen LogP contribution in [0.5, 0.6) is 5.75 Å². The third-order valence-electron chi connectivity index (χ3n) is 9.22. The summed E-state index contributed by atoms with van der Waals surface area (Å²) in [4.78, 5) is 89.4. The molecule has 0 aromatic heterocycles. The van der Waals surface area contributed by atoms with Gasteiger partial charge in [0.15, 0.2) is 0 Å². The molecule has 7 N–H and O–H groups in total. The van der Waals surface area contributed by atoms with E-state index in [4.69, 9.17) is 10.5 Å². The first-order valence-corrected chi connectivity index (χ1v) is 17.6. The summed E-state index contributed by atoms with van der Waals surface area (Å²) < 4.78 is 5.64. The normalized spacial score (nSPS) is 17.2. The fourth-order valence-electron chi connectivity index (χ4n) is 6.62. The molecule has 0 saturated heterocycles. The van der Waals surface area contributed by atoms with Crippen LogP contribution in [0.15, 0.2) is 66.7 Å². The Bertz CT molecular complexity index is 1840. The molecule has 14 nitrogen and oxygen atoms in total. The van der Waals surface area contributed by atoms with Crippen LogP contribution >= 0.6 is 0 Å². The molecule has 0 spiro atoms. The maximum atomic E-state index is 13.9. The molecule has 1 aliphatic rings. The average molecular weight is 731 g/mol. The van der Waals surface area contributed by atoms with Gasteiger partial charge in [-0.15, -0.1) is 0 Å². The van der Waals surface area contributed by atoms with Gasteiger partial charge in [0.05, 0.1) is 24.7 Å². The maximum Gasteiger partial charge on any atom is 0.315 e. The van der Waals surface area contributed by atoms with Crippen LogP contribution in [0.1, 0.15) is 63.5 Å². The molecule has 1 aliphatic carbocycles. The third kappa shape index (κ3) is 11.6. The average Bonchev–Trinajstić information content (AvgIpc) is 3.10. The number of carbonyl (C=O) groups is 7. The number of fused-ring (bicyclic) bond motifs is 1. The smallest absolute Gasteiger partial charge is 0.315 e. The van der Waals surface area contributed by atoms with E-state index < -0.39 is 77.9 Å². The summed E-state index contributed by atoms with van der Waals surface area (Å²) in [5.74, 6) is -8.28. The zero-order chi connectivity index (χ0) is 38.7. The van der Waals surface area contributed by atoms with E-state index in [1.807, 2.05) is 42.5 Å². The zero-order valence-corrected chi connectivity index (χ0v) is 29.7. The summed E-state index contributed by atoms with van der Waals surface area (Å²) in [6.45, 7) is 3.60. The first-order chi connectivity index (χ1) is 25.2. The number of esters is 1. The number of rotatable bonds is 17. The number of benzene rings is 3. The summed E-state index contributed by atoms with van der Waals surface area (Å²) in [7, 11) is 0. The number of aliphatic carboxylic acids is 2. The molecule has 3 aromatic rings. The lowest BCUT2D eigenvalue weighted by molar-refractivity contribution is -0.149. The molecular weight excluding hydrogens is 684 g/mol. The van der Waals surface area contributed by atoms with E-state index in [9.17, 15) is 43.8 Å². The van der Waals surface area contributed by atoms with Gasteiger partial charge in [-0.3, -0.25) is 33.6 Å². The second kappa shape index (κ2) is 18.6. The molecule has 1 saturated carbocycles. The fourth-order valence-corrected chi connectivity index (χ4v) is 6.62. The van der Waals surface area contributed by atoms with E-state index >= 15 is 0 Å². The Labute approximate surface area is 306 Å². The highest BCUT2D eigenvalue weighted by atomic mass is 16.5. The van der Waals surface area contributed by atoms with Crippen molar-refractivity contribution < 1.29 is 48.5 Å². The molecule has 5 atom stereocenters. The van der Waals surface area contributed by atoms with Gasteiger partial charge < -0.3 is 36.6 Å². The number of primary amides is 1. The van der Waals surface area contributed by atoms with Gasteiger partial charge in [0, 0.05) is 6.42 Å². The number of hydrogen-bond donors (Lipinski definition) is 6. The SMILES string of the molecule is CC(C)C[C@H](NC(=O)[C@H](CC(=O)O)NC(=O)[C@H](Cc1cccc(OC(=O)Cc2cccc3ccccc23)c1)NC(=O)[C@@H]1CCCC[C@H]1C(=O)O)C(N)=O. The summed E-state index contributed by atoms with van der Waals surface area (Å²) in [5, 5.41) is 28.7. The van der Waals surface area contributed by atoms with Crippen molar-refractivity contribution in [1.29, 1.82) is 0 Å². The molecule has 0 unspecified atom stereocenters. The lowest BCUT2D eigenvalue weighted by atomic mass is 9.78. The molecular formula is C39H46N4O10. The molecule has 0 bridgehead atoms. The van der Waals surface area contributed by atoms with Crippen LogP contribution < -0.4 is 26.4 Å². The number of hydrogen-bond acceptors (Lipinski definition) is 8. The van der Waals surface area contributed by atoms with Gasteiger partial charge in [-0.1, -0.05) is 81.3 Å². The molecule has 4 rings (SSSR count). The molecule has 0 heterocycles. The summed E-state index contributed by atoms with van der Waals surface area (Å²) >= 11 is 0. The van der Waals surface area contributed by atoms with Crippen molar-refractivity contribution in [2.24, 2.45) is 23.5 Å². The van der Waals surface area contributed by atoms with E-state index in [0.29, 0.717) is 18.4 Å². The first-order valence-electron chi connectivity index (χ1n) is 17.6. The number of carboxylic acids is 2. The van der Waals surface area contributed by atoms with Crippen molar-refractivity contribution in [2.75, 3.05) is 0 Å². The van der Waals surface area contributed by atoms with Crippen LogP contribution in [0.4, 0.5) is 0 Å². The first kappa shape index (κ1) is 40.0. The molecule has 0 radical (unpaired) electrons. The van der Waals surface area contributed by atoms with E-state index in [1.165, 1.54) is 6.07 Å². The highest BCUT2D eigenvalue weighted by molar-refractivity contribution is 5.96. The Morgan fingerprint density at radius 2 is 1.43 bits per heavy atom. The number of carbonyl (C=O) groups excluding carboxylic acids is 5. The van der Waals surface area contributed by atoms with Crippen LogP contribution in [0.25, 0.3) is 10.8 Å². The van der Waals surface area contributed by atoms with Gasteiger partial charge >= 0.3 is 17.9 Å². The Balaban J connectivity index is 1.56. The number of nitrogens with two attached hydrogens (primary N) is 1. The standard InChI is InChI=1S/C39H46N4O10/c1-22(2)17-30(35(40)47)41-38(50)32(21-33(44)45)43-37(49)31(42-36(48)28-15-5-6-16-29(28)39(51)52)19-23-9-7-13-26(18-23)53-34(46)20-25-12-8-11-24-10-3-4-14-27(24)25/h3-4,7-14,18,22,28-32H,5-6,15-17,19-21H2,1-2H3,(H2,40,47)(H,41,50)(H,42,48)(H,43,49)(H,44,45)(H,51,52)/t28-,29-,30+,31+,32+/m1/s1. The van der Waals surface area contributed by atoms with Crippen molar-refractivity contribution in [3.63, 3.8) is 0 Å². The second-order valence-corrected chi connectivity index (χ2v) is 13.8. The summed E-state index contributed by atoms with van der Waals surface area (Å²) in [6.07, 6.45) is 0.923. The third-order valence-corrected chi connectivity index (χ3v) is 9.22. The van der Waals surface area contributed by atoms with Gasteiger partial charge in [0.25, 0.3) is 0 Å². The highest BCUT2D eigenvalue weighted by Gasteiger charge is 2.38. The maximum absolute atomic E-state index is 13.9. The number of ether oxygens (including phenoxy) is 1. The van der Waals surface area contributed by atoms with E-state index in [2.05, 4.69) is 16.0 Å². The van der Waals surface area contributed by atoms with E-state index in [-0.39, 0.29) is 43.8 Å². The van der Waals surface area contributed by atoms with Crippen LogP contribution in [0.3, 0.4) is 0 Å². The number of nitrogens with one attached hydrogen (secondary N) is 3. The lowest BCUT2D eigenvalue weighted by Crippen LogP contribution is -2.58. The highest BCUT2D eigenvalue weighted by Crippen LogP contribution is 2.31. The van der Waals surface area contributed by atoms with Crippen molar-refractivity contribution in [3.8, 4) is 5.75 Å². The van der Waals surface area contributed by atoms with Crippen LogP contribution in [-0.4, -0.2) is 69.9 Å². The van der Waals surface area contributed by atoms with Gasteiger partial charge in [0.2, 0.25) is 23.6 Å². The van der Waals surface area contributed by atoms with Gasteiger partial charge in [-0.25, -0.2) is 0 Å². The van der Waals surface area contributed by atoms with Crippen molar-refractivity contribution >= 4 is 52.3 Å². The Hall–Kier alpha value is -5.79. The molecule has 282 valence electrons. The van der Waals surface area contributed by atoms with Crippen molar-refractivity contribution in [3.05, 3.63) is 77.9 Å². The van der Waals surface area contributed by atoms with Crippen LogP contribution in [0.2, 0.25) is 0 Å². The Morgan fingerprint density at radius 1 is 0.792 bits per heavy atom. The molecule has 0 aliphatic heterocycles. The Morgan fingerprint density at radius 3 is 2.11 bits per heavy atom. The quantitative estimate of drug-likeness (QED) is 0.0878. The van der Waals surface area contributed by atoms with Gasteiger partial charge in [-0.05, 0) is 59.2 Å². The van der Waals surface area contributed by atoms with Gasteiger partial charge in [0.1, 0.15) is 23.9 Å². The second-order valence-electron chi connectivity index (χ2n) is 13.8. The number of carboxylic acid groups (broad SMARTS) is 2. The Kier molecular flexibility index (Phi) is 14.1. The van der Waals surface area contributed by atoms with Crippen molar-refractivity contribution in [2.45, 2.75) is 83.3 Å². The summed E-state index contributed by atoms with van der Waals surface area (Å²) in [6, 6.07) is 15.3. The van der Waals surface area contributed by atoms with Gasteiger partial charge in [-0.2, -0.15) is 0 Å². The largest absolute Gasteiger partial charge is 0.481 e. The predicted octanol–water partition coefficient (Wildman–Crippen LogP) is 2.88. The van der Waals surface area contributed by atoms with Crippen LogP contribution in [-0.2, 0) is 46.4 Å². The minimum absolute atomic E-state index is 0.0143. The van der Waals surface area contributed by atoms with E-state index in [1.54, 1.807) is 32.0 Å². The van der Waals surface area contributed by atoms with E-state index in [0.717, 1.165) is 16.3 Å².